The van der Waals surface area contributed by atoms with Gasteiger partial charge in [0, 0.05) is 43.7 Å². The Bertz CT molecular complexity index is 1550. The first-order valence-electron chi connectivity index (χ1n) is 10.9. The number of benzene rings is 1. The van der Waals surface area contributed by atoms with Crippen LogP contribution in [0.15, 0.2) is 30.7 Å². The van der Waals surface area contributed by atoms with Gasteiger partial charge in [-0.05, 0) is 12.8 Å². The lowest BCUT2D eigenvalue weighted by Crippen LogP contribution is -2.43. The van der Waals surface area contributed by atoms with E-state index in [0.717, 1.165) is 19.4 Å². The molecule has 5 aromatic rings. The Balaban J connectivity index is 1.56. The molecule has 10 nitrogen and oxygen atoms in total. The zero-order chi connectivity index (χ0) is 23.4. The van der Waals surface area contributed by atoms with Crippen LogP contribution in [0.4, 0.5) is 15.9 Å². The molecule has 1 fully saturated rings. The van der Waals surface area contributed by atoms with Crippen LogP contribution in [0.25, 0.3) is 27.6 Å². The van der Waals surface area contributed by atoms with Crippen LogP contribution in [0.5, 0.6) is 11.8 Å². The van der Waals surface area contributed by atoms with Gasteiger partial charge in [0.1, 0.15) is 17.3 Å². The topological polar surface area (TPSA) is 122 Å². The van der Waals surface area contributed by atoms with Gasteiger partial charge in [0.15, 0.2) is 11.4 Å². The smallest absolute Gasteiger partial charge is 0.326 e. The van der Waals surface area contributed by atoms with Gasteiger partial charge in [0.2, 0.25) is 0 Å². The summed E-state index contributed by atoms with van der Waals surface area (Å²) in [6, 6.07) is 3.26. The Morgan fingerprint density at radius 1 is 1.32 bits per heavy atom. The molecule has 0 amide bonds. The van der Waals surface area contributed by atoms with E-state index in [0.29, 0.717) is 51.4 Å². The standard InChI is InChI=1S/C22H21ClFN9O/c1-26-14-7-13(24)18(23)16-17-20(29-19(14)16)30-22(31-21(17)32-6-2-3-11(25)9-32)34-12-8-27-15-4-5-28-33(15)10-12/h4-5,7-8,10-11,26H,2-3,6,9,25H2,1H3,(H,29,30,31)/t11-/m0/s1. The second-order valence-corrected chi connectivity index (χ2v) is 8.65. The summed E-state index contributed by atoms with van der Waals surface area (Å²) >= 11 is 6.46. The van der Waals surface area contributed by atoms with Crippen LogP contribution in [0, 0.1) is 5.82 Å². The number of nitrogens with one attached hydrogen (secondary N) is 2. The lowest BCUT2D eigenvalue weighted by atomic mass is 10.1. The SMILES string of the molecule is CNc1cc(F)c(Cl)c2c1[nH]c1nc(Oc3cnc4ccnn4c3)nc(N3CCC[C@H](N)C3)c12. The summed E-state index contributed by atoms with van der Waals surface area (Å²) in [5, 5.41) is 8.34. The normalized spacial score (nSPS) is 16.6. The number of fused-ring (bicyclic) bond motifs is 4. The van der Waals surface area contributed by atoms with Crippen LogP contribution >= 0.6 is 11.6 Å². The molecule has 5 heterocycles. The van der Waals surface area contributed by atoms with Crippen molar-refractivity contribution in [3.8, 4) is 11.8 Å². The van der Waals surface area contributed by atoms with Gasteiger partial charge in [-0.1, -0.05) is 11.6 Å². The van der Waals surface area contributed by atoms with E-state index in [9.17, 15) is 4.39 Å². The minimum absolute atomic E-state index is 0.000148. The summed E-state index contributed by atoms with van der Waals surface area (Å²) in [5.41, 5.74) is 8.63. The summed E-state index contributed by atoms with van der Waals surface area (Å²) in [6.45, 7) is 1.35. The van der Waals surface area contributed by atoms with Crippen molar-refractivity contribution in [2.45, 2.75) is 18.9 Å². The van der Waals surface area contributed by atoms with Crippen LogP contribution in [-0.4, -0.2) is 55.7 Å². The van der Waals surface area contributed by atoms with Crippen molar-refractivity contribution in [3.05, 3.63) is 41.6 Å². The average Bonchev–Trinajstić information content (AvgIpc) is 3.45. The first kappa shape index (κ1) is 20.9. The molecule has 1 saturated heterocycles. The molecule has 1 aliphatic rings. The molecule has 1 atom stereocenters. The molecule has 12 heteroatoms. The van der Waals surface area contributed by atoms with E-state index in [4.69, 9.17) is 27.1 Å². The van der Waals surface area contributed by atoms with Crippen molar-refractivity contribution in [2.24, 2.45) is 5.73 Å². The molecule has 174 valence electrons. The quantitative estimate of drug-likeness (QED) is 0.355. The molecule has 0 saturated carbocycles. The number of nitrogens with two attached hydrogens (primary N) is 1. The van der Waals surface area contributed by atoms with Gasteiger partial charge in [-0.3, -0.25) is 0 Å². The Hall–Kier alpha value is -3.70. The number of piperidine rings is 1. The second kappa shape index (κ2) is 7.96. The third kappa shape index (κ3) is 3.35. The Labute approximate surface area is 197 Å². The Morgan fingerprint density at radius 3 is 3.03 bits per heavy atom. The molecule has 6 rings (SSSR count). The second-order valence-electron chi connectivity index (χ2n) is 8.27. The van der Waals surface area contributed by atoms with Crippen molar-refractivity contribution < 1.29 is 9.13 Å². The zero-order valence-electron chi connectivity index (χ0n) is 18.2. The van der Waals surface area contributed by atoms with Crippen LogP contribution < -0.4 is 20.7 Å². The number of rotatable bonds is 4. The van der Waals surface area contributed by atoms with Crippen molar-refractivity contribution >= 4 is 50.7 Å². The molecule has 0 radical (unpaired) electrons. The molecular weight excluding hydrogens is 461 g/mol. The molecule has 34 heavy (non-hydrogen) atoms. The third-order valence-electron chi connectivity index (χ3n) is 6.04. The Morgan fingerprint density at radius 2 is 2.21 bits per heavy atom. The maximum atomic E-state index is 14.7. The summed E-state index contributed by atoms with van der Waals surface area (Å²) in [6.07, 6.45) is 6.77. The van der Waals surface area contributed by atoms with Crippen LogP contribution in [0.1, 0.15) is 12.8 Å². The summed E-state index contributed by atoms with van der Waals surface area (Å²) in [7, 11) is 1.72. The summed E-state index contributed by atoms with van der Waals surface area (Å²) in [4.78, 5) is 19.0. The maximum Gasteiger partial charge on any atom is 0.326 e. The van der Waals surface area contributed by atoms with E-state index < -0.39 is 5.82 Å². The molecule has 1 aromatic carbocycles. The molecule has 4 N–H and O–H groups in total. The van der Waals surface area contributed by atoms with E-state index in [1.54, 1.807) is 36.2 Å². The Kier molecular flexibility index (Phi) is 4.89. The average molecular weight is 482 g/mol. The highest BCUT2D eigenvalue weighted by atomic mass is 35.5. The van der Waals surface area contributed by atoms with Gasteiger partial charge in [-0.2, -0.15) is 15.1 Å². The predicted octanol–water partition coefficient (Wildman–Crippen LogP) is 3.71. The lowest BCUT2D eigenvalue weighted by molar-refractivity contribution is 0.436. The van der Waals surface area contributed by atoms with E-state index in [-0.39, 0.29) is 17.1 Å². The van der Waals surface area contributed by atoms with Crippen LogP contribution in [0.2, 0.25) is 5.02 Å². The first-order valence-corrected chi connectivity index (χ1v) is 11.3. The van der Waals surface area contributed by atoms with E-state index in [2.05, 4.69) is 30.3 Å². The van der Waals surface area contributed by atoms with Gasteiger partial charge in [-0.15, -0.1) is 0 Å². The number of hydrogen-bond donors (Lipinski definition) is 3. The van der Waals surface area contributed by atoms with Crippen LogP contribution in [0.3, 0.4) is 0 Å². The van der Waals surface area contributed by atoms with E-state index in [1.165, 1.54) is 6.07 Å². The summed E-state index contributed by atoms with van der Waals surface area (Å²) in [5.74, 6) is 0.483. The lowest BCUT2D eigenvalue weighted by Gasteiger charge is -2.32. The first-order chi connectivity index (χ1) is 16.5. The molecule has 4 aromatic heterocycles. The van der Waals surface area contributed by atoms with Crippen molar-refractivity contribution in [2.75, 3.05) is 30.4 Å². The largest absolute Gasteiger partial charge is 0.421 e. The minimum atomic E-state index is -0.528. The van der Waals surface area contributed by atoms with Gasteiger partial charge >= 0.3 is 6.01 Å². The highest BCUT2D eigenvalue weighted by Crippen LogP contribution is 2.41. The number of hydrogen-bond acceptors (Lipinski definition) is 8. The van der Waals surface area contributed by atoms with Crippen molar-refractivity contribution in [3.63, 3.8) is 0 Å². The molecule has 0 unspecified atom stereocenters. The van der Waals surface area contributed by atoms with Crippen molar-refractivity contribution in [1.29, 1.82) is 0 Å². The monoisotopic (exact) mass is 481 g/mol. The molecular formula is C22H21ClFN9O. The van der Waals surface area contributed by atoms with Gasteiger partial charge in [0.05, 0.1) is 40.2 Å². The highest BCUT2D eigenvalue weighted by molar-refractivity contribution is 6.39. The number of anilines is 2. The third-order valence-corrected chi connectivity index (χ3v) is 6.41. The minimum Gasteiger partial charge on any atom is -0.421 e. The molecule has 1 aliphatic heterocycles. The van der Waals surface area contributed by atoms with E-state index in [1.807, 2.05) is 0 Å². The zero-order valence-corrected chi connectivity index (χ0v) is 19.0. The molecule has 0 bridgehead atoms. The van der Waals surface area contributed by atoms with Gasteiger partial charge < -0.3 is 25.7 Å². The van der Waals surface area contributed by atoms with E-state index >= 15 is 0 Å². The summed E-state index contributed by atoms with van der Waals surface area (Å²) < 4.78 is 22.3. The fourth-order valence-corrected chi connectivity index (χ4v) is 4.73. The van der Waals surface area contributed by atoms with Crippen LogP contribution in [-0.2, 0) is 0 Å². The number of halogens is 2. The predicted molar refractivity (Wildman–Crippen MR) is 128 cm³/mol. The highest BCUT2D eigenvalue weighted by Gasteiger charge is 2.26. The number of aromatic amines is 1. The van der Waals surface area contributed by atoms with Crippen molar-refractivity contribution in [1.82, 2.24) is 29.5 Å². The van der Waals surface area contributed by atoms with Gasteiger partial charge in [0.25, 0.3) is 0 Å². The number of nitrogens with zero attached hydrogens (tertiary/aromatic N) is 6. The number of H-pyrrole nitrogens is 1. The fourth-order valence-electron chi connectivity index (χ4n) is 4.48. The fraction of sp³-hybridized carbons (Fsp3) is 0.273. The number of ether oxygens (including phenoxy) is 1. The number of aromatic nitrogens is 6. The molecule has 0 aliphatic carbocycles. The maximum absolute atomic E-state index is 14.7. The van der Waals surface area contributed by atoms with Gasteiger partial charge in [-0.25, -0.2) is 13.9 Å². The molecule has 0 spiro atoms.